The molecular formula is C20H20N4OS. The van der Waals surface area contributed by atoms with Gasteiger partial charge >= 0.3 is 0 Å². The minimum atomic E-state index is -0.0848. The molecule has 4 rings (SSSR count). The van der Waals surface area contributed by atoms with Crippen LogP contribution in [-0.2, 0) is 0 Å². The van der Waals surface area contributed by atoms with Crippen molar-refractivity contribution < 1.29 is 4.79 Å². The van der Waals surface area contributed by atoms with Gasteiger partial charge in [0.2, 0.25) is 0 Å². The molecule has 0 spiro atoms. The molecule has 0 atom stereocenters. The molecule has 1 aliphatic rings. The molecule has 1 aromatic carbocycles. The first-order valence-corrected chi connectivity index (χ1v) is 9.71. The van der Waals surface area contributed by atoms with Gasteiger partial charge in [-0.1, -0.05) is 18.2 Å². The molecule has 6 heteroatoms. The number of carbonyl (C=O) groups excluding carboxylic acids is 1. The Kier molecular flexibility index (Phi) is 4.93. The van der Waals surface area contributed by atoms with E-state index in [0.29, 0.717) is 4.88 Å². The number of nitrogens with zero attached hydrogens (tertiary/aromatic N) is 3. The average Bonchev–Trinajstić information content (AvgIpc) is 3.25. The van der Waals surface area contributed by atoms with Crippen LogP contribution in [0.1, 0.15) is 28.9 Å². The van der Waals surface area contributed by atoms with E-state index in [2.05, 4.69) is 20.4 Å². The second-order valence-electron chi connectivity index (χ2n) is 6.33. The van der Waals surface area contributed by atoms with E-state index in [0.717, 1.165) is 35.9 Å². The quantitative estimate of drug-likeness (QED) is 0.743. The molecule has 1 amide bonds. The van der Waals surface area contributed by atoms with E-state index in [1.807, 2.05) is 53.9 Å². The number of piperidine rings is 1. The zero-order valence-electron chi connectivity index (χ0n) is 14.4. The Morgan fingerprint density at radius 3 is 2.42 bits per heavy atom. The van der Waals surface area contributed by atoms with E-state index >= 15 is 0 Å². The molecule has 0 aliphatic carbocycles. The summed E-state index contributed by atoms with van der Waals surface area (Å²) >= 11 is 1.43. The first kappa shape index (κ1) is 16.7. The largest absolute Gasteiger partial charge is 0.355 e. The number of aromatic nitrogens is 2. The van der Waals surface area contributed by atoms with Crippen molar-refractivity contribution in [2.45, 2.75) is 19.3 Å². The van der Waals surface area contributed by atoms with Gasteiger partial charge in [0.05, 0.1) is 10.6 Å². The van der Waals surface area contributed by atoms with E-state index in [-0.39, 0.29) is 5.91 Å². The van der Waals surface area contributed by atoms with Gasteiger partial charge in [-0.3, -0.25) is 4.79 Å². The normalized spacial score (nSPS) is 14.2. The van der Waals surface area contributed by atoms with Gasteiger partial charge in [-0.05, 0) is 55.0 Å². The van der Waals surface area contributed by atoms with Gasteiger partial charge in [-0.25, -0.2) is 0 Å². The summed E-state index contributed by atoms with van der Waals surface area (Å²) < 4.78 is 0. The predicted molar refractivity (Wildman–Crippen MR) is 106 cm³/mol. The Hall–Kier alpha value is -2.73. The number of thiophene rings is 1. The van der Waals surface area contributed by atoms with Crippen LogP contribution in [0.25, 0.3) is 11.3 Å². The first-order valence-electron chi connectivity index (χ1n) is 8.83. The second kappa shape index (κ2) is 7.66. The standard InChI is InChI=1S/C20H20N4OS/c25-20(18-5-4-14-26-18)21-16-8-6-15(7-9-16)17-10-11-19(23-22-17)24-12-2-1-3-13-24/h4-11,14H,1-3,12-13H2,(H,21,25). The molecule has 3 heterocycles. The third-order valence-corrected chi connectivity index (χ3v) is 5.38. The van der Waals surface area contributed by atoms with Gasteiger partial charge in [0.15, 0.2) is 5.82 Å². The van der Waals surface area contributed by atoms with Crippen LogP contribution in [0.5, 0.6) is 0 Å². The third-order valence-electron chi connectivity index (χ3n) is 4.51. The van der Waals surface area contributed by atoms with E-state index in [9.17, 15) is 4.79 Å². The molecule has 1 N–H and O–H groups in total. The van der Waals surface area contributed by atoms with Crippen molar-refractivity contribution in [3.8, 4) is 11.3 Å². The minimum absolute atomic E-state index is 0.0848. The number of amides is 1. The Bertz CT molecular complexity index is 854. The summed E-state index contributed by atoms with van der Waals surface area (Å²) in [5, 5.41) is 13.6. The molecule has 0 radical (unpaired) electrons. The fraction of sp³-hybridized carbons (Fsp3) is 0.250. The highest BCUT2D eigenvalue weighted by Gasteiger charge is 2.13. The predicted octanol–water partition coefficient (Wildman–Crippen LogP) is 4.45. The number of benzene rings is 1. The van der Waals surface area contributed by atoms with Crippen molar-refractivity contribution in [2.75, 3.05) is 23.3 Å². The molecule has 1 aliphatic heterocycles. The van der Waals surface area contributed by atoms with Crippen LogP contribution >= 0.6 is 11.3 Å². The monoisotopic (exact) mass is 364 g/mol. The number of hydrogen-bond donors (Lipinski definition) is 1. The summed E-state index contributed by atoms with van der Waals surface area (Å²) in [5.74, 6) is 0.867. The van der Waals surface area contributed by atoms with Crippen molar-refractivity contribution in [3.05, 3.63) is 58.8 Å². The number of anilines is 2. The van der Waals surface area contributed by atoms with Crippen LogP contribution in [0.15, 0.2) is 53.9 Å². The van der Waals surface area contributed by atoms with Crippen LogP contribution in [-0.4, -0.2) is 29.2 Å². The third kappa shape index (κ3) is 3.75. The minimum Gasteiger partial charge on any atom is -0.355 e. The molecule has 1 fully saturated rings. The summed E-state index contributed by atoms with van der Waals surface area (Å²) in [5.41, 5.74) is 2.59. The van der Waals surface area contributed by atoms with Gasteiger partial charge < -0.3 is 10.2 Å². The Morgan fingerprint density at radius 2 is 1.77 bits per heavy atom. The topological polar surface area (TPSA) is 58.1 Å². The second-order valence-corrected chi connectivity index (χ2v) is 7.28. The van der Waals surface area contributed by atoms with Crippen molar-refractivity contribution in [1.82, 2.24) is 10.2 Å². The Morgan fingerprint density at radius 1 is 0.962 bits per heavy atom. The SMILES string of the molecule is O=C(Nc1ccc(-c2ccc(N3CCCCC3)nn2)cc1)c1cccs1. The van der Waals surface area contributed by atoms with Gasteiger partial charge in [0.1, 0.15) is 0 Å². The molecule has 2 aromatic heterocycles. The van der Waals surface area contributed by atoms with E-state index in [1.165, 1.54) is 30.6 Å². The van der Waals surface area contributed by atoms with Crippen molar-refractivity contribution >= 4 is 28.7 Å². The van der Waals surface area contributed by atoms with E-state index in [1.54, 1.807) is 0 Å². The van der Waals surface area contributed by atoms with Gasteiger partial charge in [-0.2, -0.15) is 0 Å². The van der Waals surface area contributed by atoms with Crippen LogP contribution in [0.2, 0.25) is 0 Å². The van der Waals surface area contributed by atoms with Crippen molar-refractivity contribution in [2.24, 2.45) is 0 Å². The van der Waals surface area contributed by atoms with E-state index < -0.39 is 0 Å². The maximum absolute atomic E-state index is 12.1. The zero-order chi connectivity index (χ0) is 17.8. The summed E-state index contributed by atoms with van der Waals surface area (Å²) in [7, 11) is 0. The Balaban J connectivity index is 1.44. The lowest BCUT2D eigenvalue weighted by molar-refractivity contribution is 0.103. The first-order chi connectivity index (χ1) is 12.8. The maximum atomic E-state index is 12.1. The fourth-order valence-electron chi connectivity index (χ4n) is 3.10. The highest BCUT2D eigenvalue weighted by atomic mass is 32.1. The molecule has 0 unspecified atom stereocenters. The molecule has 5 nitrogen and oxygen atoms in total. The molecule has 0 bridgehead atoms. The van der Waals surface area contributed by atoms with Crippen LogP contribution in [0.4, 0.5) is 11.5 Å². The zero-order valence-corrected chi connectivity index (χ0v) is 15.2. The highest BCUT2D eigenvalue weighted by molar-refractivity contribution is 7.12. The fourth-order valence-corrected chi connectivity index (χ4v) is 3.71. The highest BCUT2D eigenvalue weighted by Crippen LogP contribution is 2.22. The van der Waals surface area contributed by atoms with Crippen LogP contribution in [0.3, 0.4) is 0 Å². The number of nitrogens with one attached hydrogen (secondary N) is 1. The molecule has 26 heavy (non-hydrogen) atoms. The summed E-state index contributed by atoms with van der Waals surface area (Å²) in [6.07, 6.45) is 3.75. The van der Waals surface area contributed by atoms with Crippen molar-refractivity contribution in [3.63, 3.8) is 0 Å². The summed E-state index contributed by atoms with van der Waals surface area (Å²) in [4.78, 5) is 15.1. The molecule has 1 saturated heterocycles. The number of rotatable bonds is 4. The number of carbonyl (C=O) groups is 1. The Labute approximate surface area is 156 Å². The lowest BCUT2D eigenvalue weighted by Crippen LogP contribution is -2.30. The molecule has 132 valence electrons. The van der Waals surface area contributed by atoms with Gasteiger partial charge in [0.25, 0.3) is 5.91 Å². The van der Waals surface area contributed by atoms with Gasteiger partial charge in [-0.15, -0.1) is 21.5 Å². The van der Waals surface area contributed by atoms with Gasteiger partial charge in [0, 0.05) is 24.3 Å². The molecule has 0 saturated carbocycles. The smallest absolute Gasteiger partial charge is 0.265 e. The van der Waals surface area contributed by atoms with E-state index in [4.69, 9.17) is 0 Å². The van der Waals surface area contributed by atoms with Crippen LogP contribution < -0.4 is 10.2 Å². The van der Waals surface area contributed by atoms with Crippen LogP contribution in [0, 0.1) is 0 Å². The summed E-state index contributed by atoms with van der Waals surface area (Å²) in [6, 6.07) is 15.4. The van der Waals surface area contributed by atoms with Crippen molar-refractivity contribution in [1.29, 1.82) is 0 Å². The summed E-state index contributed by atoms with van der Waals surface area (Å²) in [6.45, 7) is 2.12. The number of hydrogen-bond acceptors (Lipinski definition) is 5. The lowest BCUT2D eigenvalue weighted by Gasteiger charge is -2.27. The lowest BCUT2D eigenvalue weighted by atomic mass is 10.1. The average molecular weight is 364 g/mol. The maximum Gasteiger partial charge on any atom is 0.265 e. The molecule has 3 aromatic rings. The molecular weight excluding hydrogens is 344 g/mol.